The summed E-state index contributed by atoms with van der Waals surface area (Å²) in [4.78, 5) is 0. The minimum absolute atomic E-state index is 0.167. The van der Waals surface area contributed by atoms with E-state index in [9.17, 15) is 0 Å². The minimum atomic E-state index is 0.167. The lowest BCUT2D eigenvalue weighted by Crippen LogP contribution is -2.11. The van der Waals surface area contributed by atoms with E-state index >= 15 is 0 Å². The van der Waals surface area contributed by atoms with Gasteiger partial charge in [0, 0.05) is 11.6 Å². The van der Waals surface area contributed by atoms with Crippen molar-refractivity contribution in [3.63, 3.8) is 0 Å². The lowest BCUT2D eigenvalue weighted by Gasteiger charge is -2.15. The number of benzene rings is 1. The Morgan fingerprint density at radius 1 is 1.43 bits per heavy atom. The molecule has 2 nitrogen and oxygen atoms in total. The molecule has 1 aromatic rings. The highest BCUT2D eigenvalue weighted by Crippen LogP contribution is 2.36. The number of hydrogen-bond acceptors (Lipinski definition) is 2. The lowest BCUT2D eigenvalue weighted by molar-refractivity contribution is 0.239. The van der Waals surface area contributed by atoms with Crippen molar-refractivity contribution >= 4 is 0 Å². The highest BCUT2D eigenvalue weighted by Gasteiger charge is 2.23. The van der Waals surface area contributed by atoms with Gasteiger partial charge < -0.3 is 10.5 Å². The Morgan fingerprint density at radius 2 is 2.21 bits per heavy atom. The third kappa shape index (κ3) is 1.62. The Bertz CT molecular complexity index is 333. The van der Waals surface area contributed by atoms with Gasteiger partial charge in [-0.3, -0.25) is 0 Å². The predicted octanol–water partition coefficient (Wildman–Crippen LogP) is 2.42. The molecule has 0 heterocycles. The van der Waals surface area contributed by atoms with Gasteiger partial charge in [-0.05, 0) is 38.3 Å². The zero-order valence-electron chi connectivity index (χ0n) is 8.79. The molecule has 1 unspecified atom stereocenters. The Kier molecular flexibility index (Phi) is 2.46. The summed E-state index contributed by atoms with van der Waals surface area (Å²) < 4.78 is 5.75. The van der Waals surface area contributed by atoms with Gasteiger partial charge in [-0.15, -0.1) is 0 Å². The van der Waals surface area contributed by atoms with E-state index in [1.165, 1.54) is 11.1 Å². The molecule has 0 spiro atoms. The van der Waals surface area contributed by atoms with E-state index in [-0.39, 0.29) is 12.1 Å². The van der Waals surface area contributed by atoms with Crippen LogP contribution in [0.15, 0.2) is 18.2 Å². The first-order valence-electron chi connectivity index (χ1n) is 5.22. The van der Waals surface area contributed by atoms with Crippen molar-refractivity contribution in [2.75, 3.05) is 0 Å². The van der Waals surface area contributed by atoms with Gasteiger partial charge in [0.1, 0.15) is 5.75 Å². The van der Waals surface area contributed by atoms with Gasteiger partial charge in [0.15, 0.2) is 0 Å². The van der Waals surface area contributed by atoms with Crippen LogP contribution < -0.4 is 10.5 Å². The van der Waals surface area contributed by atoms with E-state index in [0.29, 0.717) is 0 Å². The van der Waals surface area contributed by atoms with Crippen LogP contribution >= 0.6 is 0 Å². The lowest BCUT2D eigenvalue weighted by atomic mass is 10.1. The molecule has 0 bridgehead atoms. The molecule has 1 aliphatic carbocycles. The summed E-state index contributed by atoms with van der Waals surface area (Å²) in [6.45, 7) is 4.08. The standard InChI is InChI=1S/C12H17NO/c1-8(2)14-11-5-3-4-9-6-7-10(13)12(9)11/h3-5,8,10H,6-7,13H2,1-2H3. The first kappa shape index (κ1) is 9.53. The number of aryl methyl sites for hydroxylation is 1. The summed E-state index contributed by atoms with van der Waals surface area (Å²) >= 11 is 0. The minimum Gasteiger partial charge on any atom is -0.491 e. The molecule has 2 N–H and O–H groups in total. The van der Waals surface area contributed by atoms with E-state index < -0.39 is 0 Å². The van der Waals surface area contributed by atoms with Gasteiger partial charge in [-0.25, -0.2) is 0 Å². The van der Waals surface area contributed by atoms with Crippen molar-refractivity contribution in [1.82, 2.24) is 0 Å². The molecule has 1 aromatic carbocycles. The van der Waals surface area contributed by atoms with Gasteiger partial charge in [-0.1, -0.05) is 12.1 Å². The first-order valence-corrected chi connectivity index (χ1v) is 5.22. The quantitative estimate of drug-likeness (QED) is 0.779. The maximum absolute atomic E-state index is 6.04. The molecule has 0 aromatic heterocycles. The van der Waals surface area contributed by atoms with Crippen molar-refractivity contribution < 1.29 is 4.74 Å². The van der Waals surface area contributed by atoms with E-state index in [2.05, 4.69) is 12.1 Å². The highest BCUT2D eigenvalue weighted by molar-refractivity contribution is 5.45. The van der Waals surface area contributed by atoms with Gasteiger partial charge in [0.25, 0.3) is 0 Å². The summed E-state index contributed by atoms with van der Waals surface area (Å²) in [5, 5.41) is 0. The third-order valence-corrected chi connectivity index (χ3v) is 2.61. The molecule has 0 fully saturated rings. The molecule has 2 rings (SSSR count). The van der Waals surface area contributed by atoms with Crippen molar-refractivity contribution in [2.45, 2.75) is 38.8 Å². The van der Waals surface area contributed by atoms with Crippen LogP contribution in [0, 0.1) is 0 Å². The number of hydrogen-bond donors (Lipinski definition) is 1. The van der Waals surface area contributed by atoms with E-state index in [4.69, 9.17) is 10.5 Å². The fourth-order valence-electron chi connectivity index (χ4n) is 2.04. The van der Waals surface area contributed by atoms with Crippen molar-refractivity contribution in [2.24, 2.45) is 5.73 Å². The maximum Gasteiger partial charge on any atom is 0.124 e. The summed E-state index contributed by atoms with van der Waals surface area (Å²) in [7, 11) is 0. The van der Waals surface area contributed by atoms with Crippen LogP contribution in [0.2, 0.25) is 0 Å². The monoisotopic (exact) mass is 191 g/mol. The smallest absolute Gasteiger partial charge is 0.124 e. The molecular formula is C12H17NO. The predicted molar refractivity (Wildman–Crippen MR) is 57.5 cm³/mol. The second kappa shape index (κ2) is 3.62. The fourth-order valence-corrected chi connectivity index (χ4v) is 2.04. The Balaban J connectivity index is 2.36. The van der Waals surface area contributed by atoms with Crippen molar-refractivity contribution in [1.29, 1.82) is 0 Å². The normalized spacial score (nSPS) is 19.9. The van der Waals surface area contributed by atoms with Crippen LogP contribution in [-0.4, -0.2) is 6.10 Å². The summed E-state index contributed by atoms with van der Waals surface area (Å²) in [6, 6.07) is 6.38. The third-order valence-electron chi connectivity index (χ3n) is 2.61. The van der Waals surface area contributed by atoms with Crippen molar-refractivity contribution in [3.05, 3.63) is 29.3 Å². The molecule has 0 radical (unpaired) electrons. The van der Waals surface area contributed by atoms with Crippen LogP contribution in [0.3, 0.4) is 0 Å². The number of ether oxygens (including phenoxy) is 1. The van der Waals surface area contributed by atoms with E-state index in [1.54, 1.807) is 0 Å². The van der Waals surface area contributed by atoms with Crippen molar-refractivity contribution in [3.8, 4) is 5.75 Å². The molecule has 1 atom stereocenters. The second-order valence-corrected chi connectivity index (χ2v) is 4.14. The van der Waals surface area contributed by atoms with Gasteiger partial charge in [-0.2, -0.15) is 0 Å². The largest absolute Gasteiger partial charge is 0.491 e. The Morgan fingerprint density at radius 3 is 2.93 bits per heavy atom. The summed E-state index contributed by atoms with van der Waals surface area (Å²) in [5.74, 6) is 0.975. The second-order valence-electron chi connectivity index (χ2n) is 4.14. The molecule has 1 aliphatic rings. The van der Waals surface area contributed by atoms with Crippen LogP contribution in [0.5, 0.6) is 5.75 Å². The van der Waals surface area contributed by atoms with Gasteiger partial charge >= 0.3 is 0 Å². The van der Waals surface area contributed by atoms with Crippen LogP contribution in [0.25, 0.3) is 0 Å². The average Bonchev–Trinajstić information content (AvgIpc) is 2.48. The zero-order chi connectivity index (χ0) is 10.1. The molecule has 0 aliphatic heterocycles. The molecule has 2 heteroatoms. The molecule has 0 amide bonds. The number of rotatable bonds is 2. The summed E-state index contributed by atoms with van der Waals surface area (Å²) in [5.41, 5.74) is 8.62. The Hall–Kier alpha value is -1.02. The molecule has 0 saturated heterocycles. The Labute approximate surface area is 85.1 Å². The van der Waals surface area contributed by atoms with Gasteiger partial charge in [0.2, 0.25) is 0 Å². The maximum atomic E-state index is 6.04. The highest BCUT2D eigenvalue weighted by atomic mass is 16.5. The SMILES string of the molecule is CC(C)Oc1cccc2c1C(N)CC2. The first-order chi connectivity index (χ1) is 6.68. The molecule has 14 heavy (non-hydrogen) atoms. The van der Waals surface area contributed by atoms with Crippen LogP contribution in [0.1, 0.15) is 37.4 Å². The van der Waals surface area contributed by atoms with Gasteiger partial charge in [0.05, 0.1) is 6.10 Å². The number of fused-ring (bicyclic) bond motifs is 1. The van der Waals surface area contributed by atoms with E-state index in [0.717, 1.165) is 18.6 Å². The summed E-state index contributed by atoms with van der Waals surface area (Å²) in [6.07, 6.45) is 2.36. The fraction of sp³-hybridized carbons (Fsp3) is 0.500. The molecule has 76 valence electrons. The van der Waals surface area contributed by atoms with E-state index in [1.807, 2.05) is 19.9 Å². The van der Waals surface area contributed by atoms with Crippen LogP contribution in [-0.2, 0) is 6.42 Å². The molecular weight excluding hydrogens is 174 g/mol. The molecule has 0 saturated carbocycles. The average molecular weight is 191 g/mol. The topological polar surface area (TPSA) is 35.2 Å². The number of nitrogens with two attached hydrogens (primary N) is 1. The van der Waals surface area contributed by atoms with Crippen LogP contribution in [0.4, 0.5) is 0 Å². The zero-order valence-corrected chi connectivity index (χ0v) is 8.79.